The Bertz CT molecular complexity index is 456. The van der Waals surface area contributed by atoms with Crippen molar-refractivity contribution in [2.75, 3.05) is 24.6 Å². The highest BCUT2D eigenvalue weighted by Gasteiger charge is 2.27. The van der Waals surface area contributed by atoms with Gasteiger partial charge in [0.25, 0.3) is 0 Å². The molecular weight excluding hydrogens is 248 g/mol. The van der Waals surface area contributed by atoms with Crippen LogP contribution in [0.25, 0.3) is 0 Å². The average Bonchev–Trinajstić information content (AvgIpc) is 2.39. The number of ether oxygens (including phenoxy) is 1. The zero-order valence-corrected chi connectivity index (χ0v) is 10.9. The highest BCUT2D eigenvalue weighted by molar-refractivity contribution is 5.70. The molecule has 0 amide bonds. The van der Waals surface area contributed by atoms with Gasteiger partial charge in [-0.15, -0.1) is 0 Å². The number of hydrogen-bond acceptors (Lipinski definition) is 5. The number of hydrogen-bond donors (Lipinski definition) is 1. The molecular formula is C13H18N2O4. The van der Waals surface area contributed by atoms with E-state index in [9.17, 15) is 15.2 Å². The normalized spacial score (nSPS) is 16.4. The Morgan fingerprint density at radius 3 is 2.74 bits per heavy atom. The first-order chi connectivity index (χ1) is 9.13. The lowest BCUT2D eigenvalue weighted by atomic mass is 10.1. The minimum atomic E-state index is -0.397. The number of rotatable bonds is 4. The first-order valence-corrected chi connectivity index (χ1v) is 6.46. The Hall–Kier alpha value is -1.82. The fourth-order valence-electron chi connectivity index (χ4n) is 2.33. The minimum Gasteiger partial charge on any atom is -0.487 e. The molecule has 6 heteroatoms. The van der Waals surface area contributed by atoms with Crippen LogP contribution in [0.4, 0.5) is 11.4 Å². The molecule has 1 heterocycles. The Balaban J connectivity index is 2.33. The first kappa shape index (κ1) is 13.6. The largest absolute Gasteiger partial charge is 0.487 e. The van der Waals surface area contributed by atoms with Crippen molar-refractivity contribution in [2.45, 2.75) is 25.9 Å². The Morgan fingerprint density at radius 1 is 1.47 bits per heavy atom. The molecule has 6 nitrogen and oxygen atoms in total. The van der Waals surface area contributed by atoms with Gasteiger partial charge in [0.1, 0.15) is 5.69 Å². The van der Waals surface area contributed by atoms with Crippen molar-refractivity contribution >= 4 is 11.4 Å². The molecule has 0 aromatic heterocycles. The average molecular weight is 266 g/mol. The third kappa shape index (κ3) is 2.96. The van der Waals surface area contributed by atoms with Crippen LogP contribution in [0.1, 0.15) is 19.8 Å². The number of para-hydroxylation sites is 1. The van der Waals surface area contributed by atoms with E-state index < -0.39 is 4.92 Å². The number of piperidine rings is 1. The van der Waals surface area contributed by atoms with Crippen molar-refractivity contribution in [1.82, 2.24) is 0 Å². The maximum Gasteiger partial charge on any atom is 0.333 e. The molecule has 2 rings (SSSR count). The van der Waals surface area contributed by atoms with Crippen LogP contribution in [0.15, 0.2) is 18.2 Å². The van der Waals surface area contributed by atoms with Gasteiger partial charge in [0, 0.05) is 13.1 Å². The van der Waals surface area contributed by atoms with E-state index in [-0.39, 0.29) is 11.8 Å². The Kier molecular flexibility index (Phi) is 4.21. The highest BCUT2D eigenvalue weighted by atomic mass is 16.6. The lowest BCUT2D eigenvalue weighted by molar-refractivity contribution is -0.385. The summed E-state index contributed by atoms with van der Waals surface area (Å²) < 4.78 is 5.33. The molecule has 1 aromatic carbocycles. The molecule has 1 aliphatic heterocycles. The summed E-state index contributed by atoms with van der Waals surface area (Å²) in [5, 5.41) is 20.8. The third-order valence-corrected chi connectivity index (χ3v) is 3.27. The van der Waals surface area contributed by atoms with Gasteiger partial charge in [0.15, 0.2) is 5.75 Å². The van der Waals surface area contributed by atoms with E-state index in [0.29, 0.717) is 44.0 Å². The van der Waals surface area contributed by atoms with E-state index in [0.717, 1.165) is 0 Å². The van der Waals surface area contributed by atoms with Crippen LogP contribution in [-0.4, -0.2) is 35.8 Å². The van der Waals surface area contributed by atoms with Gasteiger partial charge >= 0.3 is 5.69 Å². The van der Waals surface area contributed by atoms with Crippen molar-refractivity contribution in [3.63, 3.8) is 0 Å². The summed E-state index contributed by atoms with van der Waals surface area (Å²) in [7, 11) is 0. The molecule has 1 aromatic rings. The fourth-order valence-corrected chi connectivity index (χ4v) is 2.33. The maximum atomic E-state index is 11.3. The molecule has 0 bridgehead atoms. The van der Waals surface area contributed by atoms with E-state index in [2.05, 4.69) is 0 Å². The second kappa shape index (κ2) is 5.88. The molecule has 0 saturated carbocycles. The van der Waals surface area contributed by atoms with Crippen molar-refractivity contribution in [1.29, 1.82) is 0 Å². The highest BCUT2D eigenvalue weighted by Crippen LogP contribution is 2.38. The van der Waals surface area contributed by atoms with Gasteiger partial charge < -0.3 is 14.7 Å². The molecule has 0 atom stereocenters. The number of nitro benzene ring substituents is 1. The van der Waals surface area contributed by atoms with E-state index >= 15 is 0 Å². The van der Waals surface area contributed by atoms with E-state index in [1.165, 1.54) is 0 Å². The lowest BCUT2D eigenvalue weighted by Crippen LogP contribution is -2.36. The molecule has 0 radical (unpaired) electrons. The maximum absolute atomic E-state index is 11.3. The van der Waals surface area contributed by atoms with E-state index in [1.54, 1.807) is 25.1 Å². The number of nitro groups is 1. The van der Waals surface area contributed by atoms with Crippen LogP contribution in [0.3, 0.4) is 0 Å². The van der Waals surface area contributed by atoms with Crippen molar-refractivity contribution < 1.29 is 14.8 Å². The molecule has 1 saturated heterocycles. The van der Waals surface area contributed by atoms with Crippen LogP contribution < -0.4 is 9.64 Å². The molecule has 0 spiro atoms. The summed E-state index contributed by atoms with van der Waals surface area (Å²) in [5.74, 6) is 0.302. The van der Waals surface area contributed by atoms with Gasteiger partial charge in [-0.2, -0.15) is 0 Å². The Labute approximate surface area is 111 Å². The second-order valence-corrected chi connectivity index (χ2v) is 4.53. The summed E-state index contributed by atoms with van der Waals surface area (Å²) in [5.41, 5.74) is 0.587. The summed E-state index contributed by atoms with van der Waals surface area (Å²) in [6, 6.07) is 5.11. The number of aliphatic hydroxyl groups excluding tert-OH is 1. The smallest absolute Gasteiger partial charge is 0.333 e. The standard InChI is InChI=1S/C13H18N2O4/c1-2-19-12-5-3-4-11(13(12)15(17)18)14-8-6-10(16)7-9-14/h3-5,10,16H,2,6-9H2,1H3. The van der Waals surface area contributed by atoms with Crippen LogP contribution in [-0.2, 0) is 0 Å². The minimum absolute atomic E-state index is 0.0146. The third-order valence-electron chi connectivity index (χ3n) is 3.27. The predicted octanol–water partition coefficient (Wildman–Crippen LogP) is 1.95. The molecule has 0 aliphatic carbocycles. The number of benzene rings is 1. The van der Waals surface area contributed by atoms with Crippen molar-refractivity contribution in [3.8, 4) is 5.75 Å². The topological polar surface area (TPSA) is 75.8 Å². The van der Waals surface area contributed by atoms with E-state index in [4.69, 9.17) is 4.74 Å². The number of nitrogens with zero attached hydrogens (tertiary/aromatic N) is 2. The van der Waals surface area contributed by atoms with Gasteiger partial charge in [-0.3, -0.25) is 10.1 Å². The zero-order valence-electron chi connectivity index (χ0n) is 10.9. The molecule has 19 heavy (non-hydrogen) atoms. The quantitative estimate of drug-likeness (QED) is 0.666. The number of aliphatic hydroxyl groups is 1. The van der Waals surface area contributed by atoms with Crippen LogP contribution in [0, 0.1) is 10.1 Å². The number of anilines is 1. The summed E-state index contributed by atoms with van der Waals surface area (Å²) in [4.78, 5) is 12.8. The molecule has 104 valence electrons. The van der Waals surface area contributed by atoms with Gasteiger partial charge in [0.05, 0.1) is 17.6 Å². The monoisotopic (exact) mass is 266 g/mol. The van der Waals surface area contributed by atoms with E-state index in [1.807, 2.05) is 4.90 Å². The molecule has 0 unspecified atom stereocenters. The fraction of sp³-hybridized carbons (Fsp3) is 0.538. The van der Waals surface area contributed by atoms with Gasteiger partial charge in [-0.05, 0) is 31.9 Å². The van der Waals surface area contributed by atoms with Gasteiger partial charge in [-0.1, -0.05) is 6.07 Å². The van der Waals surface area contributed by atoms with Crippen molar-refractivity contribution in [3.05, 3.63) is 28.3 Å². The molecule has 1 aliphatic rings. The SMILES string of the molecule is CCOc1cccc(N2CCC(O)CC2)c1[N+](=O)[O-]. The second-order valence-electron chi connectivity index (χ2n) is 4.53. The van der Waals surface area contributed by atoms with Crippen molar-refractivity contribution in [2.24, 2.45) is 0 Å². The Morgan fingerprint density at radius 2 is 2.16 bits per heavy atom. The van der Waals surface area contributed by atoms with Crippen LogP contribution in [0.5, 0.6) is 5.75 Å². The van der Waals surface area contributed by atoms with Crippen LogP contribution >= 0.6 is 0 Å². The summed E-state index contributed by atoms with van der Waals surface area (Å²) in [6.45, 7) is 3.44. The molecule has 1 fully saturated rings. The summed E-state index contributed by atoms with van der Waals surface area (Å²) in [6.07, 6.45) is 0.969. The van der Waals surface area contributed by atoms with Gasteiger partial charge in [-0.25, -0.2) is 0 Å². The molecule has 1 N–H and O–H groups in total. The predicted molar refractivity (Wildman–Crippen MR) is 71.7 cm³/mol. The lowest BCUT2D eigenvalue weighted by Gasteiger charge is -2.31. The van der Waals surface area contributed by atoms with Gasteiger partial charge in [0.2, 0.25) is 0 Å². The summed E-state index contributed by atoms with van der Waals surface area (Å²) >= 11 is 0. The zero-order chi connectivity index (χ0) is 13.8. The first-order valence-electron chi connectivity index (χ1n) is 6.46. The van der Waals surface area contributed by atoms with Crippen LogP contribution in [0.2, 0.25) is 0 Å².